The summed E-state index contributed by atoms with van der Waals surface area (Å²) in [5, 5.41) is 2.95. The van der Waals surface area contributed by atoms with Gasteiger partial charge in [-0.15, -0.1) is 0 Å². The van der Waals surface area contributed by atoms with Crippen molar-refractivity contribution in [2.45, 2.75) is 45.2 Å². The third-order valence-electron chi connectivity index (χ3n) is 3.82. The van der Waals surface area contributed by atoms with Crippen LogP contribution in [0.3, 0.4) is 0 Å². The minimum absolute atomic E-state index is 0.0290. The molecule has 1 heterocycles. The Hall–Kier alpha value is -1.71. The Bertz CT molecular complexity index is 412. The number of nitrogens with zero attached hydrogens (tertiary/aromatic N) is 1. The van der Waals surface area contributed by atoms with E-state index in [9.17, 15) is 4.79 Å². The molecule has 1 aromatic rings. The Morgan fingerprint density at radius 3 is 2.55 bits per heavy atom. The lowest BCUT2D eigenvalue weighted by molar-refractivity contribution is 0.122. The number of hydrogen-bond donors (Lipinski definition) is 1. The second-order valence-corrected chi connectivity index (χ2v) is 5.43. The van der Waals surface area contributed by atoms with Crippen LogP contribution in [0.15, 0.2) is 30.3 Å². The summed E-state index contributed by atoms with van der Waals surface area (Å²) in [6.07, 6.45) is 3.40. The van der Waals surface area contributed by atoms with Crippen molar-refractivity contribution in [2.24, 2.45) is 0 Å². The quantitative estimate of drug-likeness (QED) is 0.859. The Morgan fingerprint density at radius 1 is 1.25 bits per heavy atom. The van der Waals surface area contributed by atoms with Gasteiger partial charge in [-0.2, -0.15) is 0 Å². The molecule has 1 fully saturated rings. The minimum Gasteiger partial charge on any atom is -0.492 e. The zero-order chi connectivity index (χ0) is 14.4. The van der Waals surface area contributed by atoms with E-state index in [4.69, 9.17) is 4.74 Å². The second kappa shape index (κ2) is 7.17. The van der Waals surface area contributed by atoms with Crippen molar-refractivity contribution in [3.8, 4) is 5.75 Å². The van der Waals surface area contributed by atoms with Crippen molar-refractivity contribution >= 4 is 6.03 Å². The molecule has 1 aromatic carbocycles. The molecule has 0 radical (unpaired) electrons. The van der Waals surface area contributed by atoms with Crippen LogP contribution in [0, 0.1) is 0 Å². The Balaban J connectivity index is 1.72. The smallest absolute Gasteiger partial charge is 0.317 e. The number of rotatable bonds is 4. The molecule has 2 rings (SSSR count). The first-order valence-corrected chi connectivity index (χ1v) is 7.42. The second-order valence-electron chi connectivity index (χ2n) is 5.43. The lowest BCUT2D eigenvalue weighted by Crippen LogP contribution is -2.52. The molecule has 1 aliphatic rings. The molecule has 4 heteroatoms. The summed E-state index contributed by atoms with van der Waals surface area (Å²) in [6, 6.07) is 10.3. The first kappa shape index (κ1) is 14.7. The molecule has 0 bridgehead atoms. The van der Waals surface area contributed by atoms with Crippen LogP contribution < -0.4 is 10.1 Å². The fourth-order valence-corrected chi connectivity index (χ4v) is 2.76. The van der Waals surface area contributed by atoms with Crippen LogP contribution in [0.4, 0.5) is 4.79 Å². The van der Waals surface area contributed by atoms with Crippen molar-refractivity contribution in [1.29, 1.82) is 0 Å². The van der Waals surface area contributed by atoms with Gasteiger partial charge in [-0.05, 0) is 45.2 Å². The molecule has 0 aliphatic carbocycles. The number of carbonyl (C=O) groups is 1. The van der Waals surface area contributed by atoms with Crippen LogP contribution in [0.2, 0.25) is 0 Å². The van der Waals surface area contributed by atoms with Gasteiger partial charge in [0.1, 0.15) is 12.4 Å². The molecule has 0 spiro atoms. The summed E-state index contributed by atoms with van der Waals surface area (Å²) in [5.41, 5.74) is 0. The number of piperidine rings is 1. The standard InChI is InChI=1S/C16H24N2O2/c1-13-7-6-8-14(2)18(13)16(19)17-11-12-20-15-9-4-3-5-10-15/h3-5,9-10,13-14H,6-8,11-12H2,1-2H3,(H,17,19). The maximum absolute atomic E-state index is 12.2. The Labute approximate surface area is 121 Å². The van der Waals surface area contributed by atoms with E-state index in [-0.39, 0.29) is 6.03 Å². The fourth-order valence-electron chi connectivity index (χ4n) is 2.76. The third kappa shape index (κ3) is 3.89. The number of para-hydroxylation sites is 1. The zero-order valence-corrected chi connectivity index (χ0v) is 12.3. The summed E-state index contributed by atoms with van der Waals surface area (Å²) in [7, 11) is 0. The first-order valence-electron chi connectivity index (χ1n) is 7.42. The molecule has 1 aliphatic heterocycles. The third-order valence-corrected chi connectivity index (χ3v) is 3.82. The van der Waals surface area contributed by atoms with Crippen molar-refractivity contribution in [3.63, 3.8) is 0 Å². The van der Waals surface area contributed by atoms with E-state index in [1.54, 1.807) is 0 Å². The lowest BCUT2D eigenvalue weighted by atomic mass is 9.98. The highest BCUT2D eigenvalue weighted by Crippen LogP contribution is 2.22. The molecule has 4 nitrogen and oxygen atoms in total. The molecule has 20 heavy (non-hydrogen) atoms. The Kier molecular flexibility index (Phi) is 5.27. The topological polar surface area (TPSA) is 41.6 Å². The number of nitrogens with one attached hydrogen (secondary N) is 1. The van der Waals surface area contributed by atoms with Gasteiger partial charge in [0.05, 0.1) is 6.54 Å². The molecule has 0 saturated carbocycles. The molecule has 2 atom stereocenters. The zero-order valence-electron chi connectivity index (χ0n) is 12.3. The molecular weight excluding hydrogens is 252 g/mol. The summed E-state index contributed by atoms with van der Waals surface area (Å²) < 4.78 is 5.56. The van der Waals surface area contributed by atoms with E-state index < -0.39 is 0 Å². The number of ether oxygens (including phenoxy) is 1. The van der Waals surface area contributed by atoms with Crippen LogP contribution in [0.25, 0.3) is 0 Å². The maximum atomic E-state index is 12.2. The molecule has 0 aromatic heterocycles. The number of urea groups is 1. The number of amides is 2. The predicted octanol–water partition coefficient (Wildman–Crippen LogP) is 3.04. The molecule has 1 saturated heterocycles. The van der Waals surface area contributed by atoms with Crippen molar-refractivity contribution in [2.75, 3.05) is 13.2 Å². The summed E-state index contributed by atoms with van der Waals surface area (Å²) >= 11 is 0. The molecule has 110 valence electrons. The van der Waals surface area contributed by atoms with Crippen molar-refractivity contribution < 1.29 is 9.53 Å². The van der Waals surface area contributed by atoms with Gasteiger partial charge < -0.3 is 15.0 Å². The maximum Gasteiger partial charge on any atom is 0.317 e. The van der Waals surface area contributed by atoms with Gasteiger partial charge in [0.15, 0.2) is 0 Å². The van der Waals surface area contributed by atoms with E-state index in [0.29, 0.717) is 25.2 Å². The summed E-state index contributed by atoms with van der Waals surface area (Å²) in [6.45, 7) is 5.27. The van der Waals surface area contributed by atoms with Crippen molar-refractivity contribution in [1.82, 2.24) is 10.2 Å². The van der Waals surface area contributed by atoms with Crippen LogP contribution in [-0.2, 0) is 0 Å². The van der Waals surface area contributed by atoms with Crippen LogP contribution in [0.5, 0.6) is 5.75 Å². The largest absolute Gasteiger partial charge is 0.492 e. The van der Waals surface area contributed by atoms with E-state index in [0.717, 1.165) is 18.6 Å². The highest BCUT2D eigenvalue weighted by Gasteiger charge is 2.28. The number of likely N-dealkylation sites (tertiary alicyclic amines) is 1. The monoisotopic (exact) mass is 276 g/mol. The first-order chi connectivity index (χ1) is 9.68. The fraction of sp³-hybridized carbons (Fsp3) is 0.562. The molecular formula is C16H24N2O2. The summed E-state index contributed by atoms with van der Waals surface area (Å²) in [5.74, 6) is 0.835. The number of hydrogen-bond acceptors (Lipinski definition) is 2. The summed E-state index contributed by atoms with van der Waals surface area (Å²) in [4.78, 5) is 14.2. The van der Waals surface area contributed by atoms with Crippen molar-refractivity contribution in [3.05, 3.63) is 30.3 Å². The number of benzene rings is 1. The predicted molar refractivity (Wildman–Crippen MR) is 79.9 cm³/mol. The van der Waals surface area contributed by atoms with Gasteiger partial charge in [-0.25, -0.2) is 4.79 Å². The van der Waals surface area contributed by atoms with E-state index in [1.807, 2.05) is 35.2 Å². The van der Waals surface area contributed by atoms with Gasteiger partial charge in [0, 0.05) is 12.1 Å². The van der Waals surface area contributed by atoms with Gasteiger partial charge >= 0.3 is 6.03 Å². The van der Waals surface area contributed by atoms with Gasteiger partial charge in [0.2, 0.25) is 0 Å². The van der Waals surface area contributed by atoms with Crippen LogP contribution in [-0.4, -0.2) is 36.2 Å². The molecule has 1 N–H and O–H groups in total. The number of carbonyl (C=O) groups excluding carboxylic acids is 1. The highest BCUT2D eigenvalue weighted by molar-refractivity contribution is 5.75. The lowest BCUT2D eigenvalue weighted by Gasteiger charge is -2.38. The van der Waals surface area contributed by atoms with Gasteiger partial charge in [-0.3, -0.25) is 0 Å². The normalized spacial score (nSPS) is 22.4. The molecule has 2 amide bonds. The highest BCUT2D eigenvalue weighted by atomic mass is 16.5. The minimum atomic E-state index is 0.0290. The van der Waals surface area contributed by atoms with Crippen LogP contribution >= 0.6 is 0 Å². The van der Waals surface area contributed by atoms with Crippen LogP contribution in [0.1, 0.15) is 33.1 Å². The van der Waals surface area contributed by atoms with E-state index in [2.05, 4.69) is 19.2 Å². The van der Waals surface area contributed by atoms with Gasteiger partial charge in [-0.1, -0.05) is 18.2 Å². The molecule has 2 unspecified atom stereocenters. The Morgan fingerprint density at radius 2 is 1.90 bits per heavy atom. The SMILES string of the molecule is CC1CCCC(C)N1C(=O)NCCOc1ccccc1. The van der Waals surface area contributed by atoms with E-state index >= 15 is 0 Å². The average Bonchev–Trinajstić information content (AvgIpc) is 2.44. The van der Waals surface area contributed by atoms with E-state index in [1.165, 1.54) is 6.42 Å². The van der Waals surface area contributed by atoms with Gasteiger partial charge in [0.25, 0.3) is 0 Å². The average molecular weight is 276 g/mol.